The Bertz CT molecular complexity index is 1210. The highest BCUT2D eigenvalue weighted by Crippen LogP contribution is 2.29. The van der Waals surface area contributed by atoms with Crippen LogP contribution in [-0.4, -0.2) is 23.3 Å². The molecule has 0 radical (unpaired) electrons. The first kappa shape index (κ1) is 19.2. The average Bonchev–Trinajstić information content (AvgIpc) is 2.75. The third kappa shape index (κ3) is 4.31. The number of halogens is 2. The Morgan fingerprint density at radius 2 is 1.79 bits per heavy atom. The number of aromatic nitrogens is 2. The van der Waals surface area contributed by atoms with Crippen LogP contribution in [0.4, 0.5) is 5.82 Å². The van der Waals surface area contributed by atoms with Crippen LogP contribution in [-0.2, 0) is 0 Å². The topological polar surface area (TPSA) is 59.4 Å². The summed E-state index contributed by atoms with van der Waals surface area (Å²) in [5.41, 5.74) is 5.49. The van der Waals surface area contributed by atoms with Crippen molar-refractivity contribution in [3.8, 4) is 17.1 Å². The molecule has 0 saturated heterocycles. The van der Waals surface area contributed by atoms with Crippen LogP contribution in [0.5, 0.6) is 5.75 Å². The van der Waals surface area contributed by atoms with E-state index in [9.17, 15) is 0 Å². The van der Waals surface area contributed by atoms with Crippen LogP contribution >= 0.6 is 23.2 Å². The zero-order chi connectivity index (χ0) is 20.2. The van der Waals surface area contributed by atoms with Gasteiger partial charge in [-0.05, 0) is 48.0 Å². The van der Waals surface area contributed by atoms with Gasteiger partial charge in [-0.3, -0.25) is 5.43 Å². The van der Waals surface area contributed by atoms with Gasteiger partial charge in [0.05, 0.1) is 28.9 Å². The zero-order valence-corrected chi connectivity index (χ0v) is 16.9. The van der Waals surface area contributed by atoms with E-state index < -0.39 is 0 Å². The number of fused-ring (bicyclic) bond motifs is 1. The van der Waals surface area contributed by atoms with E-state index in [1.54, 1.807) is 25.5 Å². The van der Waals surface area contributed by atoms with Crippen LogP contribution in [0.3, 0.4) is 0 Å². The molecule has 3 aromatic carbocycles. The third-order valence-electron chi connectivity index (χ3n) is 4.26. The molecule has 0 fully saturated rings. The summed E-state index contributed by atoms with van der Waals surface area (Å²) >= 11 is 12.2. The third-order valence-corrected chi connectivity index (χ3v) is 5.00. The summed E-state index contributed by atoms with van der Waals surface area (Å²) in [6.07, 6.45) is 1.71. The number of anilines is 1. The molecule has 1 aromatic heterocycles. The van der Waals surface area contributed by atoms with Crippen molar-refractivity contribution in [1.29, 1.82) is 0 Å². The molecule has 0 unspecified atom stereocenters. The molecule has 29 heavy (non-hydrogen) atoms. The van der Waals surface area contributed by atoms with E-state index in [0.29, 0.717) is 21.7 Å². The van der Waals surface area contributed by atoms with Crippen LogP contribution in [0.25, 0.3) is 22.3 Å². The molecule has 5 nitrogen and oxygen atoms in total. The van der Waals surface area contributed by atoms with Crippen LogP contribution in [0.2, 0.25) is 10.0 Å². The van der Waals surface area contributed by atoms with E-state index in [4.69, 9.17) is 27.9 Å². The molecule has 0 atom stereocenters. The van der Waals surface area contributed by atoms with Crippen molar-refractivity contribution < 1.29 is 4.74 Å². The molecule has 1 N–H and O–H groups in total. The molecule has 4 aromatic rings. The summed E-state index contributed by atoms with van der Waals surface area (Å²) in [5.74, 6) is 1.89. The van der Waals surface area contributed by atoms with E-state index in [1.807, 2.05) is 54.6 Å². The summed E-state index contributed by atoms with van der Waals surface area (Å²) in [6.45, 7) is 0. The second-order valence-corrected chi connectivity index (χ2v) is 7.00. The molecular weight excluding hydrogens is 407 g/mol. The first-order valence-corrected chi connectivity index (χ1v) is 9.55. The lowest BCUT2D eigenvalue weighted by Crippen LogP contribution is -1.99. The Morgan fingerprint density at radius 3 is 2.62 bits per heavy atom. The van der Waals surface area contributed by atoms with Gasteiger partial charge in [0.1, 0.15) is 5.75 Å². The number of hydrogen-bond acceptors (Lipinski definition) is 5. The maximum atomic E-state index is 6.16. The molecule has 0 saturated carbocycles. The van der Waals surface area contributed by atoms with Gasteiger partial charge >= 0.3 is 0 Å². The van der Waals surface area contributed by atoms with Crippen molar-refractivity contribution in [2.24, 2.45) is 5.10 Å². The van der Waals surface area contributed by atoms with E-state index >= 15 is 0 Å². The van der Waals surface area contributed by atoms with E-state index in [1.165, 1.54) is 0 Å². The van der Waals surface area contributed by atoms with E-state index in [-0.39, 0.29) is 0 Å². The Labute approximate surface area is 178 Å². The molecule has 0 amide bonds. The predicted octanol–water partition coefficient (Wildman–Crippen LogP) is 6.06. The number of rotatable bonds is 5. The minimum absolute atomic E-state index is 0.450. The predicted molar refractivity (Wildman–Crippen MR) is 119 cm³/mol. The first-order valence-electron chi connectivity index (χ1n) is 8.79. The van der Waals surface area contributed by atoms with Crippen LogP contribution in [0.1, 0.15) is 5.56 Å². The quantitative estimate of drug-likeness (QED) is 0.313. The monoisotopic (exact) mass is 422 g/mol. The zero-order valence-electron chi connectivity index (χ0n) is 15.4. The van der Waals surface area contributed by atoms with Gasteiger partial charge in [0.15, 0.2) is 11.6 Å². The van der Waals surface area contributed by atoms with Gasteiger partial charge in [-0.15, -0.1) is 0 Å². The lowest BCUT2D eigenvalue weighted by molar-refractivity contribution is 0.415. The van der Waals surface area contributed by atoms with Gasteiger partial charge in [0, 0.05) is 10.9 Å². The minimum Gasteiger partial charge on any atom is -0.497 e. The summed E-state index contributed by atoms with van der Waals surface area (Å²) in [7, 11) is 1.63. The van der Waals surface area contributed by atoms with Crippen molar-refractivity contribution in [2.45, 2.75) is 0 Å². The van der Waals surface area contributed by atoms with Crippen molar-refractivity contribution >= 4 is 46.1 Å². The lowest BCUT2D eigenvalue weighted by Gasteiger charge is -2.09. The van der Waals surface area contributed by atoms with Gasteiger partial charge < -0.3 is 4.74 Å². The fraction of sp³-hybridized carbons (Fsp3) is 0.0455. The minimum atomic E-state index is 0.450. The van der Waals surface area contributed by atoms with Gasteiger partial charge in [-0.2, -0.15) is 5.10 Å². The highest BCUT2D eigenvalue weighted by atomic mass is 35.5. The SMILES string of the molecule is COc1cccc(/C=N\Nc2nc(-c3ccc(Cl)c(Cl)c3)nc3ccccc23)c1. The molecule has 1 heterocycles. The van der Waals surface area contributed by atoms with Gasteiger partial charge in [-0.1, -0.05) is 47.5 Å². The highest BCUT2D eigenvalue weighted by Gasteiger charge is 2.10. The second-order valence-electron chi connectivity index (χ2n) is 6.19. The number of ether oxygens (including phenoxy) is 1. The van der Waals surface area contributed by atoms with Crippen LogP contribution in [0.15, 0.2) is 71.8 Å². The highest BCUT2D eigenvalue weighted by molar-refractivity contribution is 6.42. The Hall–Kier alpha value is -3.15. The maximum Gasteiger partial charge on any atom is 0.162 e. The van der Waals surface area contributed by atoms with Crippen molar-refractivity contribution in [3.63, 3.8) is 0 Å². The Balaban J connectivity index is 1.70. The number of hydrogen-bond donors (Lipinski definition) is 1. The lowest BCUT2D eigenvalue weighted by atomic mass is 10.2. The largest absolute Gasteiger partial charge is 0.497 e. The number of hydrazone groups is 1. The summed E-state index contributed by atoms with van der Waals surface area (Å²) in [5, 5.41) is 6.13. The van der Waals surface area contributed by atoms with E-state index in [2.05, 4.69) is 20.5 Å². The fourth-order valence-corrected chi connectivity index (χ4v) is 3.11. The van der Waals surface area contributed by atoms with Crippen LogP contribution < -0.4 is 10.2 Å². The molecule has 0 bridgehead atoms. The second kappa shape index (κ2) is 8.47. The molecule has 0 aliphatic rings. The van der Waals surface area contributed by atoms with Gasteiger partial charge in [0.25, 0.3) is 0 Å². The fourth-order valence-electron chi connectivity index (χ4n) is 2.82. The molecule has 0 spiro atoms. The number of benzene rings is 3. The molecular formula is C22H16Cl2N4O. The smallest absolute Gasteiger partial charge is 0.162 e. The molecule has 7 heteroatoms. The Morgan fingerprint density at radius 1 is 0.931 bits per heavy atom. The molecule has 4 rings (SSSR count). The number of methoxy groups -OCH3 is 1. The standard InChI is InChI=1S/C22H16Cl2N4O/c1-29-16-6-4-5-14(11-16)13-25-28-22-17-7-2-3-8-20(17)26-21(27-22)15-9-10-18(23)19(24)12-15/h2-13H,1H3,(H,26,27,28)/b25-13-. The first-order chi connectivity index (χ1) is 14.1. The molecule has 0 aliphatic carbocycles. The van der Waals surface area contributed by atoms with E-state index in [0.717, 1.165) is 27.8 Å². The summed E-state index contributed by atoms with van der Waals surface area (Å²) < 4.78 is 5.24. The van der Waals surface area contributed by atoms with Crippen LogP contribution in [0, 0.1) is 0 Å². The number of nitrogens with zero attached hydrogens (tertiary/aromatic N) is 3. The van der Waals surface area contributed by atoms with Gasteiger partial charge in [0.2, 0.25) is 0 Å². The Kier molecular flexibility index (Phi) is 5.60. The number of para-hydroxylation sites is 1. The molecule has 0 aliphatic heterocycles. The normalized spacial score (nSPS) is 11.1. The van der Waals surface area contributed by atoms with Crippen molar-refractivity contribution in [1.82, 2.24) is 9.97 Å². The summed E-state index contributed by atoms with van der Waals surface area (Å²) in [6, 6.07) is 20.7. The number of nitrogens with one attached hydrogen (secondary N) is 1. The summed E-state index contributed by atoms with van der Waals surface area (Å²) in [4.78, 5) is 9.29. The van der Waals surface area contributed by atoms with Crippen molar-refractivity contribution in [2.75, 3.05) is 12.5 Å². The van der Waals surface area contributed by atoms with Gasteiger partial charge in [-0.25, -0.2) is 9.97 Å². The van der Waals surface area contributed by atoms with Crippen molar-refractivity contribution in [3.05, 3.63) is 82.3 Å². The average molecular weight is 423 g/mol. The maximum absolute atomic E-state index is 6.16. The molecule has 144 valence electrons.